The number of likely N-dealkylation sites (tertiary alicyclic amines) is 1. The zero-order chi connectivity index (χ0) is 15.7. The van der Waals surface area contributed by atoms with E-state index in [2.05, 4.69) is 0 Å². The predicted molar refractivity (Wildman–Crippen MR) is 83.1 cm³/mol. The summed E-state index contributed by atoms with van der Waals surface area (Å²) in [4.78, 5) is 27.4. The minimum atomic E-state index is -0.373. The monoisotopic (exact) mass is 303 g/mol. The SMILES string of the molecule is CN1CC(CC(N)=O)Oc2ccc(C(=O)N3CCCC3)cc21. The molecule has 1 aromatic rings. The van der Waals surface area contributed by atoms with Crippen LogP contribution in [-0.2, 0) is 4.79 Å². The van der Waals surface area contributed by atoms with Gasteiger partial charge in [0, 0.05) is 25.7 Å². The third kappa shape index (κ3) is 2.86. The van der Waals surface area contributed by atoms with Crippen molar-refractivity contribution in [1.82, 2.24) is 4.90 Å². The summed E-state index contributed by atoms with van der Waals surface area (Å²) in [6.07, 6.45) is 2.11. The fraction of sp³-hybridized carbons (Fsp3) is 0.500. The number of nitrogens with zero attached hydrogens (tertiary/aromatic N) is 2. The molecule has 22 heavy (non-hydrogen) atoms. The molecule has 1 unspecified atom stereocenters. The van der Waals surface area contributed by atoms with Gasteiger partial charge in [0.25, 0.3) is 5.91 Å². The number of anilines is 1. The second kappa shape index (κ2) is 5.87. The van der Waals surface area contributed by atoms with E-state index in [9.17, 15) is 9.59 Å². The summed E-state index contributed by atoms with van der Waals surface area (Å²) in [7, 11) is 1.93. The Morgan fingerprint density at radius 2 is 2.05 bits per heavy atom. The van der Waals surface area contributed by atoms with Gasteiger partial charge in [0.05, 0.1) is 18.7 Å². The van der Waals surface area contributed by atoms with Gasteiger partial charge in [-0.25, -0.2) is 0 Å². The Hall–Kier alpha value is -2.24. The van der Waals surface area contributed by atoms with Crippen LogP contribution in [0.25, 0.3) is 0 Å². The number of fused-ring (bicyclic) bond motifs is 1. The minimum Gasteiger partial charge on any atom is -0.486 e. The number of benzene rings is 1. The van der Waals surface area contributed by atoms with E-state index in [0.29, 0.717) is 17.9 Å². The molecule has 0 aliphatic carbocycles. The summed E-state index contributed by atoms with van der Waals surface area (Å²) < 4.78 is 5.81. The van der Waals surface area contributed by atoms with E-state index in [0.717, 1.165) is 31.6 Å². The summed E-state index contributed by atoms with van der Waals surface area (Å²) in [5.41, 5.74) is 6.80. The van der Waals surface area contributed by atoms with Crippen molar-refractivity contribution < 1.29 is 14.3 Å². The molecule has 1 atom stereocenters. The van der Waals surface area contributed by atoms with E-state index >= 15 is 0 Å². The van der Waals surface area contributed by atoms with E-state index in [1.807, 2.05) is 29.0 Å². The Bertz CT molecular complexity index is 596. The van der Waals surface area contributed by atoms with Gasteiger partial charge in [-0.3, -0.25) is 9.59 Å². The zero-order valence-electron chi connectivity index (χ0n) is 12.7. The fourth-order valence-corrected chi connectivity index (χ4v) is 3.10. The summed E-state index contributed by atoms with van der Waals surface area (Å²) in [5.74, 6) is 0.397. The normalized spacial score (nSPS) is 20.5. The Morgan fingerprint density at radius 3 is 2.73 bits per heavy atom. The van der Waals surface area contributed by atoms with Crippen molar-refractivity contribution >= 4 is 17.5 Å². The van der Waals surface area contributed by atoms with Gasteiger partial charge >= 0.3 is 0 Å². The van der Waals surface area contributed by atoms with Gasteiger partial charge in [-0.05, 0) is 31.0 Å². The molecule has 1 fully saturated rings. The molecule has 118 valence electrons. The molecule has 0 radical (unpaired) electrons. The molecule has 0 bridgehead atoms. The second-order valence-electron chi connectivity index (χ2n) is 5.97. The topological polar surface area (TPSA) is 75.9 Å². The second-order valence-corrected chi connectivity index (χ2v) is 5.97. The molecule has 0 spiro atoms. The highest BCUT2D eigenvalue weighted by molar-refractivity contribution is 5.96. The molecule has 6 heteroatoms. The van der Waals surface area contributed by atoms with Crippen LogP contribution in [0, 0.1) is 0 Å². The van der Waals surface area contributed by atoms with Gasteiger partial charge < -0.3 is 20.3 Å². The molecular weight excluding hydrogens is 282 g/mol. The highest BCUT2D eigenvalue weighted by Gasteiger charge is 2.27. The van der Waals surface area contributed by atoms with Crippen molar-refractivity contribution in [2.45, 2.75) is 25.4 Å². The van der Waals surface area contributed by atoms with Crippen molar-refractivity contribution in [2.75, 3.05) is 31.6 Å². The minimum absolute atomic E-state index is 0.0768. The van der Waals surface area contributed by atoms with Crippen LogP contribution in [0.2, 0.25) is 0 Å². The van der Waals surface area contributed by atoms with Crippen LogP contribution >= 0.6 is 0 Å². The van der Waals surface area contributed by atoms with Gasteiger partial charge in [-0.15, -0.1) is 0 Å². The lowest BCUT2D eigenvalue weighted by Crippen LogP contribution is -2.40. The molecule has 3 rings (SSSR count). The summed E-state index contributed by atoms with van der Waals surface area (Å²) in [6, 6.07) is 5.47. The van der Waals surface area contributed by atoms with E-state index < -0.39 is 0 Å². The van der Waals surface area contributed by atoms with Crippen LogP contribution in [0.5, 0.6) is 5.75 Å². The molecule has 1 aromatic carbocycles. The van der Waals surface area contributed by atoms with E-state index in [-0.39, 0.29) is 24.3 Å². The first-order valence-electron chi connectivity index (χ1n) is 7.64. The molecule has 2 amide bonds. The maximum absolute atomic E-state index is 12.5. The smallest absolute Gasteiger partial charge is 0.253 e. The van der Waals surface area contributed by atoms with E-state index in [4.69, 9.17) is 10.5 Å². The third-order valence-electron chi connectivity index (χ3n) is 4.21. The Labute approximate surface area is 129 Å². The molecule has 2 N–H and O–H groups in total. The number of primary amides is 1. The molecule has 2 aliphatic rings. The number of hydrogen-bond acceptors (Lipinski definition) is 4. The summed E-state index contributed by atoms with van der Waals surface area (Å²) >= 11 is 0. The van der Waals surface area contributed by atoms with Crippen LogP contribution in [0.3, 0.4) is 0 Å². The lowest BCUT2D eigenvalue weighted by atomic mass is 10.1. The maximum atomic E-state index is 12.5. The maximum Gasteiger partial charge on any atom is 0.253 e. The highest BCUT2D eigenvalue weighted by Crippen LogP contribution is 2.34. The van der Waals surface area contributed by atoms with Crippen molar-refractivity contribution in [1.29, 1.82) is 0 Å². The van der Waals surface area contributed by atoms with Crippen LogP contribution in [0.1, 0.15) is 29.6 Å². The Morgan fingerprint density at radius 1 is 1.32 bits per heavy atom. The molecular formula is C16H21N3O3. The van der Waals surface area contributed by atoms with Crippen molar-refractivity contribution in [3.05, 3.63) is 23.8 Å². The molecule has 0 aromatic heterocycles. The van der Waals surface area contributed by atoms with Gasteiger partial charge in [-0.2, -0.15) is 0 Å². The summed E-state index contributed by atoms with van der Waals surface area (Å²) in [5, 5.41) is 0. The number of nitrogens with two attached hydrogens (primary N) is 1. The number of carbonyl (C=O) groups excluding carboxylic acids is 2. The molecule has 1 saturated heterocycles. The molecule has 2 aliphatic heterocycles. The first kappa shape index (κ1) is 14.7. The van der Waals surface area contributed by atoms with E-state index in [1.54, 1.807) is 6.07 Å². The van der Waals surface area contributed by atoms with Crippen molar-refractivity contribution in [3.63, 3.8) is 0 Å². The van der Waals surface area contributed by atoms with Crippen molar-refractivity contribution in [3.8, 4) is 5.75 Å². The number of carbonyl (C=O) groups is 2. The van der Waals surface area contributed by atoms with Crippen LogP contribution in [0.15, 0.2) is 18.2 Å². The van der Waals surface area contributed by atoms with Crippen molar-refractivity contribution in [2.24, 2.45) is 5.73 Å². The van der Waals surface area contributed by atoms with Crippen LogP contribution in [-0.4, -0.2) is 49.5 Å². The highest BCUT2D eigenvalue weighted by atomic mass is 16.5. The quantitative estimate of drug-likeness (QED) is 0.903. The lowest BCUT2D eigenvalue weighted by molar-refractivity contribution is -0.119. The fourth-order valence-electron chi connectivity index (χ4n) is 3.10. The molecule has 6 nitrogen and oxygen atoms in total. The molecule has 2 heterocycles. The number of rotatable bonds is 3. The van der Waals surface area contributed by atoms with Gasteiger partial charge in [-0.1, -0.05) is 0 Å². The Kier molecular flexibility index (Phi) is 3.92. The average Bonchev–Trinajstić information content (AvgIpc) is 2.99. The van der Waals surface area contributed by atoms with Gasteiger partial charge in [0.15, 0.2) is 0 Å². The van der Waals surface area contributed by atoms with Gasteiger partial charge in [0.1, 0.15) is 11.9 Å². The first-order valence-corrected chi connectivity index (χ1v) is 7.64. The zero-order valence-corrected chi connectivity index (χ0v) is 12.7. The standard InChI is InChI=1S/C16H21N3O3/c1-18-10-12(9-15(17)20)22-14-5-4-11(8-13(14)18)16(21)19-6-2-3-7-19/h4-5,8,12H,2-3,6-7,9-10H2,1H3,(H2,17,20). The average molecular weight is 303 g/mol. The number of likely N-dealkylation sites (N-methyl/N-ethyl adjacent to an activating group) is 1. The number of hydrogen-bond donors (Lipinski definition) is 1. The number of amides is 2. The summed E-state index contributed by atoms with van der Waals surface area (Å²) in [6.45, 7) is 2.25. The predicted octanol–water partition coefficient (Wildman–Crippen LogP) is 0.995. The van der Waals surface area contributed by atoms with Gasteiger partial charge in [0.2, 0.25) is 5.91 Å². The third-order valence-corrected chi connectivity index (χ3v) is 4.21. The Balaban J connectivity index is 1.80. The molecule has 0 saturated carbocycles. The lowest BCUT2D eigenvalue weighted by Gasteiger charge is -2.33. The van der Waals surface area contributed by atoms with Crippen LogP contribution < -0.4 is 15.4 Å². The van der Waals surface area contributed by atoms with Crippen LogP contribution in [0.4, 0.5) is 5.69 Å². The largest absolute Gasteiger partial charge is 0.486 e. The van der Waals surface area contributed by atoms with E-state index in [1.165, 1.54) is 0 Å². The first-order chi connectivity index (χ1) is 10.5. The number of ether oxygens (including phenoxy) is 1.